The van der Waals surface area contributed by atoms with E-state index in [4.69, 9.17) is 11.6 Å². The molecule has 78 valence electrons. The topological polar surface area (TPSA) is 16.1 Å². The second kappa shape index (κ2) is 4.60. The number of likely N-dealkylation sites (tertiary alicyclic amines) is 1. The van der Waals surface area contributed by atoms with Crippen molar-refractivity contribution in [1.82, 2.24) is 9.88 Å². The van der Waals surface area contributed by atoms with Crippen LogP contribution in [0.1, 0.15) is 24.6 Å². The number of thiazole rings is 1. The van der Waals surface area contributed by atoms with Crippen LogP contribution in [0, 0.1) is 0 Å². The van der Waals surface area contributed by atoms with E-state index in [-0.39, 0.29) is 0 Å². The summed E-state index contributed by atoms with van der Waals surface area (Å²) in [6.45, 7) is 4.31. The average molecular weight is 231 g/mol. The highest BCUT2D eigenvalue weighted by Crippen LogP contribution is 2.23. The van der Waals surface area contributed by atoms with Gasteiger partial charge in [-0.2, -0.15) is 0 Å². The highest BCUT2D eigenvalue weighted by molar-refractivity contribution is 7.09. The molecule has 1 aliphatic rings. The quantitative estimate of drug-likeness (QED) is 0.727. The molecule has 0 aromatic carbocycles. The average Bonchev–Trinajstić information content (AvgIpc) is 2.64. The van der Waals surface area contributed by atoms with E-state index in [0.717, 1.165) is 19.5 Å². The van der Waals surface area contributed by atoms with Gasteiger partial charge in [-0.05, 0) is 19.8 Å². The molecule has 2 heterocycles. The Balaban J connectivity index is 1.95. The lowest BCUT2D eigenvalue weighted by Gasteiger charge is -2.35. The number of hydrogen-bond donors (Lipinski definition) is 0. The van der Waals surface area contributed by atoms with Gasteiger partial charge in [-0.3, -0.25) is 9.88 Å². The summed E-state index contributed by atoms with van der Waals surface area (Å²) in [6, 6.07) is 0.659. The third-order valence-electron chi connectivity index (χ3n) is 2.80. The minimum absolute atomic E-state index is 0.333. The summed E-state index contributed by atoms with van der Waals surface area (Å²) in [7, 11) is 0. The number of alkyl halides is 1. The maximum Gasteiger partial charge on any atom is 0.0794 e. The Morgan fingerprint density at radius 1 is 1.64 bits per heavy atom. The lowest BCUT2D eigenvalue weighted by Crippen LogP contribution is -2.41. The monoisotopic (exact) mass is 230 g/mol. The SMILES string of the molecule is CC1CCC(Cl)CN1Cc1cncs1. The van der Waals surface area contributed by atoms with E-state index in [9.17, 15) is 0 Å². The molecule has 2 nitrogen and oxygen atoms in total. The molecule has 0 radical (unpaired) electrons. The minimum atomic E-state index is 0.333. The highest BCUT2D eigenvalue weighted by atomic mass is 35.5. The molecule has 0 aliphatic carbocycles. The van der Waals surface area contributed by atoms with E-state index in [0.29, 0.717) is 11.4 Å². The van der Waals surface area contributed by atoms with Gasteiger partial charge in [0.15, 0.2) is 0 Å². The second-order valence-electron chi connectivity index (χ2n) is 3.92. The van der Waals surface area contributed by atoms with Gasteiger partial charge in [-0.25, -0.2) is 0 Å². The van der Waals surface area contributed by atoms with Crippen LogP contribution in [0.15, 0.2) is 11.7 Å². The molecule has 0 amide bonds. The maximum absolute atomic E-state index is 6.16. The van der Waals surface area contributed by atoms with Crippen LogP contribution < -0.4 is 0 Å². The summed E-state index contributed by atoms with van der Waals surface area (Å²) in [4.78, 5) is 7.88. The van der Waals surface area contributed by atoms with Gasteiger partial charge in [0.25, 0.3) is 0 Å². The third kappa shape index (κ3) is 2.47. The smallest absolute Gasteiger partial charge is 0.0794 e. The molecule has 1 aromatic rings. The zero-order valence-electron chi connectivity index (χ0n) is 8.32. The van der Waals surface area contributed by atoms with Crippen molar-refractivity contribution in [1.29, 1.82) is 0 Å². The molecule has 1 saturated heterocycles. The summed E-state index contributed by atoms with van der Waals surface area (Å²) in [5, 5.41) is 0.333. The van der Waals surface area contributed by atoms with Crippen LogP contribution in [-0.2, 0) is 6.54 Å². The Morgan fingerprint density at radius 2 is 2.50 bits per heavy atom. The molecule has 0 N–H and O–H groups in total. The van der Waals surface area contributed by atoms with Crippen LogP contribution >= 0.6 is 22.9 Å². The lowest BCUT2D eigenvalue weighted by atomic mass is 10.0. The third-order valence-corrected chi connectivity index (χ3v) is 3.92. The molecule has 14 heavy (non-hydrogen) atoms. The number of rotatable bonds is 2. The maximum atomic E-state index is 6.16. The van der Waals surface area contributed by atoms with Gasteiger partial charge >= 0.3 is 0 Å². The van der Waals surface area contributed by atoms with Crippen LogP contribution in [0.4, 0.5) is 0 Å². The number of nitrogens with zero attached hydrogens (tertiary/aromatic N) is 2. The van der Waals surface area contributed by atoms with Crippen LogP contribution in [0.5, 0.6) is 0 Å². The summed E-state index contributed by atoms with van der Waals surface area (Å²) >= 11 is 7.89. The Bertz CT molecular complexity index is 276. The first-order valence-electron chi connectivity index (χ1n) is 5.01. The molecular weight excluding hydrogens is 216 g/mol. The summed E-state index contributed by atoms with van der Waals surface area (Å²) < 4.78 is 0. The lowest BCUT2D eigenvalue weighted by molar-refractivity contribution is 0.157. The molecule has 2 rings (SSSR count). The molecule has 1 aromatic heterocycles. The minimum Gasteiger partial charge on any atom is -0.294 e. The van der Waals surface area contributed by atoms with E-state index in [1.54, 1.807) is 11.3 Å². The summed E-state index contributed by atoms with van der Waals surface area (Å²) in [5.74, 6) is 0. The van der Waals surface area contributed by atoms with E-state index in [2.05, 4.69) is 16.8 Å². The van der Waals surface area contributed by atoms with Crippen molar-refractivity contribution in [2.24, 2.45) is 0 Å². The van der Waals surface area contributed by atoms with Gasteiger partial charge in [0, 0.05) is 35.6 Å². The Labute approximate surface area is 93.9 Å². The zero-order chi connectivity index (χ0) is 9.97. The number of hydrogen-bond acceptors (Lipinski definition) is 3. The fourth-order valence-electron chi connectivity index (χ4n) is 1.87. The molecule has 0 saturated carbocycles. The first-order chi connectivity index (χ1) is 6.75. The Hall–Kier alpha value is -0.120. The number of halogens is 1. The van der Waals surface area contributed by atoms with Gasteiger partial charge in [0.05, 0.1) is 5.51 Å². The Kier molecular flexibility index (Phi) is 3.42. The van der Waals surface area contributed by atoms with Crippen molar-refractivity contribution >= 4 is 22.9 Å². The highest BCUT2D eigenvalue weighted by Gasteiger charge is 2.24. The van der Waals surface area contributed by atoms with Crippen molar-refractivity contribution < 1.29 is 0 Å². The van der Waals surface area contributed by atoms with E-state index in [1.165, 1.54) is 11.3 Å². The molecular formula is C10H15ClN2S. The van der Waals surface area contributed by atoms with Gasteiger partial charge < -0.3 is 0 Å². The van der Waals surface area contributed by atoms with Crippen LogP contribution in [0.2, 0.25) is 0 Å². The molecule has 1 aliphatic heterocycles. The van der Waals surface area contributed by atoms with E-state index < -0.39 is 0 Å². The van der Waals surface area contributed by atoms with Crippen molar-refractivity contribution in [3.05, 3.63) is 16.6 Å². The standard InChI is InChI=1S/C10H15ClN2S/c1-8-2-3-9(11)5-13(8)6-10-4-12-7-14-10/h4,7-9H,2-3,5-6H2,1H3. The fraction of sp³-hybridized carbons (Fsp3) is 0.700. The molecule has 2 atom stereocenters. The molecule has 1 fully saturated rings. The van der Waals surface area contributed by atoms with Crippen molar-refractivity contribution in [2.45, 2.75) is 37.7 Å². The largest absolute Gasteiger partial charge is 0.294 e. The van der Waals surface area contributed by atoms with Gasteiger partial charge in [0.1, 0.15) is 0 Å². The molecule has 0 spiro atoms. The number of aromatic nitrogens is 1. The molecule has 0 bridgehead atoms. The van der Waals surface area contributed by atoms with Crippen molar-refractivity contribution in [2.75, 3.05) is 6.54 Å². The second-order valence-corrected chi connectivity index (χ2v) is 5.51. The van der Waals surface area contributed by atoms with Crippen molar-refractivity contribution in [3.8, 4) is 0 Å². The van der Waals surface area contributed by atoms with Gasteiger partial charge in [-0.15, -0.1) is 22.9 Å². The normalized spacial score (nSPS) is 29.3. The first kappa shape index (κ1) is 10.4. The van der Waals surface area contributed by atoms with Crippen molar-refractivity contribution in [3.63, 3.8) is 0 Å². The predicted octanol–water partition coefficient (Wildman–Crippen LogP) is 2.73. The van der Waals surface area contributed by atoms with E-state index in [1.807, 2.05) is 11.7 Å². The summed E-state index contributed by atoms with van der Waals surface area (Å²) in [6.07, 6.45) is 4.32. The first-order valence-corrected chi connectivity index (χ1v) is 6.33. The Morgan fingerprint density at radius 3 is 3.21 bits per heavy atom. The van der Waals surface area contributed by atoms with Crippen LogP contribution in [-0.4, -0.2) is 27.8 Å². The van der Waals surface area contributed by atoms with E-state index >= 15 is 0 Å². The molecule has 4 heteroatoms. The number of piperidine rings is 1. The van der Waals surface area contributed by atoms with Gasteiger partial charge in [0.2, 0.25) is 0 Å². The fourth-order valence-corrected chi connectivity index (χ4v) is 2.79. The summed E-state index contributed by atoms with van der Waals surface area (Å²) in [5.41, 5.74) is 1.89. The molecule has 2 unspecified atom stereocenters. The predicted molar refractivity (Wildman–Crippen MR) is 60.9 cm³/mol. The zero-order valence-corrected chi connectivity index (χ0v) is 9.89. The van der Waals surface area contributed by atoms with Crippen LogP contribution in [0.3, 0.4) is 0 Å². The van der Waals surface area contributed by atoms with Crippen LogP contribution in [0.25, 0.3) is 0 Å². The van der Waals surface area contributed by atoms with Gasteiger partial charge in [-0.1, -0.05) is 0 Å².